The molecule has 0 bridgehead atoms. The SMILES string of the molecule is COc1cc(O)c(C=CCS)c(OC)c1. The average Bonchev–Trinajstić information content (AvgIpc) is 2.26. The van der Waals surface area contributed by atoms with Crippen LogP contribution in [-0.2, 0) is 0 Å². The Morgan fingerprint density at radius 3 is 2.60 bits per heavy atom. The third-order valence-electron chi connectivity index (χ3n) is 1.94. The lowest BCUT2D eigenvalue weighted by Crippen LogP contribution is -1.90. The van der Waals surface area contributed by atoms with E-state index in [0.29, 0.717) is 22.8 Å². The second kappa shape index (κ2) is 5.56. The molecule has 0 radical (unpaired) electrons. The molecule has 1 aromatic rings. The zero-order valence-corrected chi connectivity index (χ0v) is 9.62. The maximum atomic E-state index is 9.72. The van der Waals surface area contributed by atoms with Gasteiger partial charge in [0.2, 0.25) is 0 Å². The first-order valence-electron chi connectivity index (χ1n) is 4.45. The number of rotatable bonds is 4. The largest absolute Gasteiger partial charge is 0.507 e. The van der Waals surface area contributed by atoms with Crippen LogP contribution in [0.1, 0.15) is 5.56 Å². The van der Waals surface area contributed by atoms with Crippen molar-refractivity contribution in [1.82, 2.24) is 0 Å². The summed E-state index contributed by atoms with van der Waals surface area (Å²) in [5, 5.41) is 9.72. The minimum atomic E-state index is 0.129. The molecule has 0 saturated heterocycles. The smallest absolute Gasteiger partial charge is 0.133 e. The second-order valence-electron chi connectivity index (χ2n) is 2.85. The van der Waals surface area contributed by atoms with Gasteiger partial charge in [0.15, 0.2) is 0 Å². The van der Waals surface area contributed by atoms with Crippen LogP contribution < -0.4 is 9.47 Å². The van der Waals surface area contributed by atoms with Gasteiger partial charge in [-0.1, -0.05) is 12.2 Å². The van der Waals surface area contributed by atoms with Crippen molar-refractivity contribution < 1.29 is 14.6 Å². The lowest BCUT2D eigenvalue weighted by Gasteiger charge is -2.09. The third kappa shape index (κ3) is 2.83. The molecular formula is C11H14O3S. The predicted molar refractivity (Wildman–Crippen MR) is 64.1 cm³/mol. The summed E-state index contributed by atoms with van der Waals surface area (Å²) in [6.07, 6.45) is 3.59. The Labute approximate surface area is 94.7 Å². The van der Waals surface area contributed by atoms with E-state index in [0.717, 1.165) is 0 Å². The molecule has 1 rings (SSSR count). The van der Waals surface area contributed by atoms with Gasteiger partial charge in [-0.05, 0) is 0 Å². The van der Waals surface area contributed by atoms with E-state index >= 15 is 0 Å². The summed E-state index contributed by atoms with van der Waals surface area (Å²) in [6.45, 7) is 0. The van der Waals surface area contributed by atoms with Crippen molar-refractivity contribution in [2.24, 2.45) is 0 Å². The monoisotopic (exact) mass is 226 g/mol. The quantitative estimate of drug-likeness (QED) is 0.774. The van der Waals surface area contributed by atoms with Crippen LogP contribution in [0.25, 0.3) is 6.08 Å². The highest BCUT2D eigenvalue weighted by Crippen LogP contribution is 2.34. The predicted octanol–water partition coefficient (Wildman–Crippen LogP) is 2.35. The van der Waals surface area contributed by atoms with Crippen LogP contribution in [0.4, 0.5) is 0 Å². The summed E-state index contributed by atoms with van der Waals surface area (Å²) in [6, 6.07) is 3.26. The number of phenolic OH excluding ortho intramolecular Hbond substituents is 1. The molecule has 4 heteroatoms. The number of benzene rings is 1. The van der Waals surface area contributed by atoms with Crippen molar-refractivity contribution in [1.29, 1.82) is 0 Å². The third-order valence-corrected chi connectivity index (χ3v) is 2.15. The van der Waals surface area contributed by atoms with Crippen molar-refractivity contribution in [3.63, 3.8) is 0 Å². The first-order valence-corrected chi connectivity index (χ1v) is 5.08. The molecule has 82 valence electrons. The number of methoxy groups -OCH3 is 2. The molecule has 0 aliphatic heterocycles. The summed E-state index contributed by atoms with van der Waals surface area (Å²) in [5.74, 6) is 1.87. The Bertz CT molecular complexity index is 361. The van der Waals surface area contributed by atoms with Crippen LogP contribution in [0.5, 0.6) is 17.2 Å². The average molecular weight is 226 g/mol. The van der Waals surface area contributed by atoms with Crippen LogP contribution in [0.2, 0.25) is 0 Å². The van der Waals surface area contributed by atoms with E-state index in [1.165, 1.54) is 7.11 Å². The summed E-state index contributed by atoms with van der Waals surface area (Å²) in [4.78, 5) is 0. The molecule has 3 nitrogen and oxygen atoms in total. The standard InChI is InChI=1S/C11H14O3S/c1-13-8-6-10(12)9(4-3-5-15)11(7-8)14-2/h3-4,6-7,12,15H,5H2,1-2H3. The van der Waals surface area contributed by atoms with Gasteiger partial charge in [-0.15, -0.1) is 0 Å². The van der Waals surface area contributed by atoms with Gasteiger partial charge in [-0.25, -0.2) is 0 Å². The lowest BCUT2D eigenvalue weighted by atomic mass is 10.1. The van der Waals surface area contributed by atoms with E-state index in [9.17, 15) is 5.11 Å². The first kappa shape index (κ1) is 11.8. The molecule has 0 fully saturated rings. The molecule has 0 heterocycles. The van der Waals surface area contributed by atoms with E-state index in [1.807, 2.05) is 6.08 Å². The van der Waals surface area contributed by atoms with Gasteiger partial charge in [-0.2, -0.15) is 12.6 Å². The van der Waals surface area contributed by atoms with Gasteiger partial charge in [0.25, 0.3) is 0 Å². The van der Waals surface area contributed by atoms with E-state index in [4.69, 9.17) is 9.47 Å². The zero-order chi connectivity index (χ0) is 11.3. The molecule has 0 aliphatic carbocycles. The first-order chi connectivity index (χ1) is 7.22. The Kier molecular flexibility index (Phi) is 4.37. The number of aromatic hydroxyl groups is 1. The fourth-order valence-electron chi connectivity index (χ4n) is 1.21. The summed E-state index contributed by atoms with van der Waals surface area (Å²) in [5.41, 5.74) is 0.632. The lowest BCUT2D eigenvalue weighted by molar-refractivity contribution is 0.384. The van der Waals surface area contributed by atoms with Crippen molar-refractivity contribution in [2.45, 2.75) is 0 Å². The molecule has 1 N–H and O–H groups in total. The highest BCUT2D eigenvalue weighted by Gasteiger charge is 2.08. The van der Waals surface area contributed by atoms with Gasteiger partial charge in [0.1, 0.15) is 17.2 Å². The maximum Gasteiger partial charge on any atom is 0.133 e. The summed E-state index contributed by atoms with van der Waals surface area (Å²) >= 11 is 4.05. The fourth-order valence-corrected chi connectivity index (χ4v) is 1.32. The number of hydrogen-bond donors (Lipinski definition) is 2. The topological polar surface area (TPSA) is 38.7 Å². The van der Waals surface area contributed by atoms with Crippen molar-refractivity contribution in [3.8, 4) is 17.2 Å². The van der Waals surface area contributed by atoms with Crippen LogP contribution in [0.3, 0.4) is 0 Å². The molecule has 0 amide bonds. The van der Waals surface area contributed by atoms with Crippen LogP contribution in [-0.4, -0.2) is 25.1 Å². The van der Waals surface area contributed by atoms with E-state index in [2.05, 4.69) is 12.6 Å². The van der Waals surface area contributed by atoms with E-state index in [1.54, 1.807) is 25.3 Å². The molecule has 0 aliphatic rings. The van der Waals surface area contributed by atoms with Crippen LogP contribution in [0.15, 0.2) is 18.2 Å². The summed E-state index contributed by atoms with van der Waals surface area (Å²) < 4.78 is 10.2. The molecule has 0 unspecified atom stereocenters. The minimum Gasteiger partial charge on any atom is -0.507 e. The Morgan fingerprint density at radius 2 is 2.07 bits per heavy atom. The maximum absolute atomic E-state index is 9.72. The zero-order valence-electron chi connectivity index (χ0n) is 8.73. The number of ether oxygens (including phenoxy) is 2. The van der Waals surface area contributed by atoms with Crippen LogP contribution >= 0.6 is 12.6 Å². The van der Waals surface area contributed by atoms with Gasteiger partial charge in [0.05, 0.1) is 19.8 Å². The number of phenols is 1. The molecule has 15 heavy (non-hydrogen) atoms. The van der Waals surface area contributed by atoms with Crippen molar-refractivity contribution in [3.05, 3.63) is 23.8 Å². The van der Waals surface area contributed by atoms with Crippen LogP contribution in [0, 0.1) is 0 Å². The molecular weight excluding hydrogens is 212 g/mol. The van der Waals surface area contributed by atoms with Crippen molar-refractivity contribution in [2.75, 3.05) is 20.0 Å². The van der Waals surface area contributed by atoms with Crippen molar-refractivity contribution >= 4 is 18.7 Å². The molecule has 0 spiro atoms. The summed E-state index contributed by atoms with van der Waals surface area (Å²) in [7, 11) is 3.09. The van der Waals surface area contributed by atoms with Gasteiger partial charge in [-0.3, -0.25) is 0 Å². The Hall–Kier alpha value is -1.29. The Morgan fingerprint density at radius 1 is 1.33 bits per heavy atom. The van der Waals surface area contributed by atoms with E-state index < -0.39 is 0 Å². The Balaban J connectivity index is 3.18. The number of thiol groups is 1. The fraction of sp³-hybridized carbons (Fsp3) is 0.273. The second-order valence-corrected chi connectivity index (χ2v) is 3.21. The minimum absolute atomic E-state index is 0.129. The van der Waals surface area contributed by atoms with Gasteiger partial charge < -0.3 is 14.6 Å². The highest BCUT2D eigenvalue weighted by molar-refractivity contribution is 7.80. The molecule has 1 aromatic carbocycles. The molecule has 0 saturated carbocycles. The van der Waals surface area contributed by atoms with E-state index in [-0.39, 0.29) is 5.75 Å². The van der Waals surface area contributed by atoms with Gasteiger partial charge in [0, 0.05) is 17.9 Å². The normalized spacial score (nSPS) is 10.6. The highest BCUT2D eigenvalue weighted by atomic mass is 32.1. The molecule has 0 aromatic heterocycles. The number of hydrogen-bond acceptors (Lipinski definition) is 4. The van der Waals surface area contributed by atoms with Gasteiger partial charge >= 0.3 is 0 Å². The molecule has 0 atom stereocenters.